The summed E-state index contributed by atoms with van der Waals surface area (Å²) in [7, 11) is 0. The number of benzene rings is 2. The number of halogens is 2. The molecule has 0 bridgehead atoms. The zero-order valence-electron chi connectivity index (χ0n) is 15.4. The maximum absolute atomic E-state index is 12.9. The van der Waals surface area contributed by atoms with Crippen LogP contribution in [0, 0.1) is 5.82 Å². The second-order valence-electron chi connectivity index (χ2n) is 5.91. The van der Waals surface area contributed by atoms with E-state index in [2.05, 4.69) is 15.9 Å². The van der Waals surface area contributed by atoms with Gasteiger partial charge in [-0.1, -0.05) is 15.9 Å². The van der Waals surface area contributed by atoms with Crippen molar-refractivity contribution in [3.63, 3.8) is 0 Å². The summed E-state index contributed by atoms with van der Waals surface area (Å²) in [5.74, 6) is -0.0943. The SMILES string of the molecule is CCOc1cc(/C=C2\SC(=O)N(CCOc3ccc(F)cc3)C2=O)c(Br)cc1O. The van der Waals surface area contributed by atoms with Crippen molar-refractivity contribution in [2.45, 2.75) is 6.92 Å². The zero-order chi connectivity index (χ0) is 21.0. The highest BCUT2D eigenvalue weighted by Crippen LogP contribution is 2.37. The van der Waals surface area contributed by atoms with Gasteiger partial charge in [0.05, 0.1) is 18.1 Å². The van der Waals surface area contributed by atoms with Crippen molar-refractivity contribution in [3.05, 3.63) is 57.2 Å². The highest BCUT2D eigenvalue weighted by Gasteiger charge is 2.35. The standard InChI is InChI=1S/C20H17BrFNO5S/c1-2-27-17-9-12(15(21)11-16(17)24)10-18-19(25)23(20(26)29-18)7-8-28-14-5-3-13(22)4-6-14/h3-6,9-11,24H,2,7-8H2,1H3/b18-10-. The van der Waals surface area contributed by atoms with Gasteiger partial charge in [-0.2, -0.15) is 0 Å². The normalized spacial score (nSPS) is 15.3. The van der Waals surface area contributed by atoms with Crippen molar-refractivity contribution < 1.29 is 28.6 Å². The van der Waals surface area contributed by atoms with Crippen LogP contribution in [0.5, 0.6) is 17.2 Å². The number of nitrogens with zero attached hydrogens (tertiary/aromatic N) is 1. The van der Waals surface area contributed by atoms with Gasteiger partial charge in [0.15, 0.2) is 11.5 Å². The number of rotatable bonds is 7. The number of phenols is 1. The number of imide groups is 1. The molecule has 0 saturated carbocycles. The average molecular weight is 482 g/mol. The van der Waals surface area contributed by atoms with Crippen LogP contribution < -0.4 is 9.47 Å². The molecule has 0 radical (unpaired) electrons. The van der Waals surface area contributed by atoms with Crippen LogP contribution in [0.4, 0.5) is 9.18 Å². The predicted molar refractivity (Wildman–Crippen MR) is 112 cm³/mol. The second-order valence-corrected chi connectivity index (χ2v) is 7.76. The summed E-state index contributed by atoms with van der Waals surface area (Å²) in [6.07, 6.45) is 1.57. The molecule has 0 aliphatic carbocycles. The maximum Gasteiger partial charge on any atom is 0.293 e. The monoisotopic (exact) mass is 481 g/mol. The predicted octanol–water partition coefficient (Wildman–Crippen LogP) is 4.81. The van der Waals surface area contributed by atoms with Crippen LogP contribution in [0.1, 0.15) is 12.5 Å². The van der Waals surface area contributed by atoms with Crippen LogP contribution in [-0.2, 0) is 4.79 Å². The first kappa shape index (κ1) is 21.2. The molecule has 1 fully saturated rings. The Kier molecular flexibility index (Phi) is 6.81. The van der Waals surface area contributed by atoms with Crippen molar-refractivity contribution in [3.8, 4) is 17.2 Å². The Labute approximate surface area is 179 Å². The number of hydrogen-bond acceptors (Lipinski definition) is 6. The molecule has 9 heteroatoms. The molecule has 1 aliphatic heterocycles. The molecule has 0 unspecified atom stereocenters. The number of aromatic hydroxyl groups is 1. The van der Waals surface area contributed by atoms with E-state index in [-0.39, 0.29) is 35.4 Å². The molecule has 2 aromatic carbocycles. The summed E-state index contributed by atoms with van der Waals surface area (Å²) >= 11 is 4.16. The van der Waals surface area contributed by atoms with E-state index in [0.717, 1.165) is 16.7 Å². The van der Waals surface area contributed by atoms with E-state index in [0.29, 0.717) is 22.4 Å². The van der Waals surface area contributed by atoms with Crippen LogP contribution in [-0.4, -0.2) is 40.9 Å². The van der Waals surface area contributed by atoms with Gasteiger partial charge >= 0.3 is 0 Å². The minimum atomic E-state index is -0.430. The fourth-order valence-corrected chi connectivity index (χ4v) is 3.86. The Morgan fingerprint density at radius 3 is 2.62 bits per heavy atom. The Balaban J connectivity index is 1.69. The van der Waals surface area contributed by atoms with Gasteiger partial charge in [0.1, 0.15) is 18.2 Å². The van der Waals surface area contributed by atoms with Crippen LogP contribution in [0.15, 0.2) is 45.8 Å². The Morgan fingerprint density at radius 1 is 1.21 bits per heavy atom. The molecule has 2 aromatic rings. The lowest BCUT2D eigenvalue weighted by Gasteiger charge is -2.13. The Hall–Kier alpha value is -2.52. The molecule has 152 valence electrons. The van der Waals surface area contributed by atoms with E-state index < -0.39 is 11.1 Å². The minimum Gasteiger partial charge on any atom is -0.504 e. The molecule has 1 N–H and O–H groups in total. The molecule has 2 amide bonds. The molecule has 1 heterocycles. The van der Waals surface area contributed by atoms with Gasteiger partial charge in [-0.25, -0.2) is 4.39 Å². The summed E-state index contributed by atoms with van der Waals surface area (Å²) in [5, 5.41) is 9.51. The van der Waals surface area contributed by atoms with Gasteiger partial charge in [-0.15, -0.1) is 0 Å². The number of carbonyl (C=O) groups excluding carboxylic acids is 2. The molecule has 6 nitrogen and oxygen atoms in total. The molecular formula is C20H17BrFNO5S. The minimum absolute atomic E-state index is 0.0260. The number of thioether (sulfide) groups is 1. The first-order chi connectivity index (χ1) is 13.9. The van der Waals surface area contributed by atoms with Gasteiger partial charge in [0, 0.05) is 4.47 Å². The van der Waals surface area contributed by atoms with Gasteiger partial charge in [-0.3, -0.25) is 14.5 Å². The number of amides is 2. The Morgan fingerprint density at radius 2 is 1.93 bits per heavy atom. The van der Waals surface area contributed by atoms with E-state index in [1.807, 2.05) is 0 Å². The summed E-state index contributed by atoms with van der Waals surface area (Å²) in [6, 6.07) is 8.54. The fraction of sp³-hybridized carbons (Fsp3) is 0.200. The van der Waals surface area contributed by atoms with Crippen molar-refractivity contribution in [1.29, 1.82) is 0 Å². The summed E-state index contributed by atoms with van der Waals surface area (Å²) < 4.78 is 24.3. The topological polar surface area (TPSA) is 76.1 Å². The molecule has 29 heavy (non-hydrogen) atoms. The first-order valence-corrected chi connectivity index (χ1v) is 10.3. The smallest absolute Gasteiger partial charge is 0.293 e. The molecule has 0 aromatic heterocycles. The molecule has 0 spiro atoms. The molecular weight excluding hydrogens is 465 g/mol. The summed E-state index contributed by atoms with van der Waals surface area (Å²) in [6.45, 7) is 2.33. The number of carbonyl (C=O) groups is 2. The van der Waals surface area contributed by atoms with E-state index in [1.165, 1.54) is 30.3 Å². The number of phenolic OH excluding ortho intramolecular Hbond substituents is 1. The largest absolute Gasteiger partial charge is 0.504 e. The third-order valence-corrected chi connectivity index (χ3v) is 5.53. The first-order valence-electron chi connectivity index (χ1n) is 8.68. The van der Waals surface area contributed by atoms with Crippen LogP contribution in [0.3, 0.4) is 0 Å². The van der Waals surface area contributed by atoms with Crippen molar-refractivity contribution in [2.75, 3.05) is 19.8 Å². The maximum atomic E-state index is 12.9. The lowest BCUT2D eigenvalue weighted by atomic mass is 10.2. The molecule has 1 aliphatic rings. The van der Waals surface area contributed by atoms with Crippen LogP contribution in [0.25, 0.3) is 6.08 Å². The van der Waals surface area contributed by atoms with E-state index in [1.54, 1.807) is 19.1 Å². The highest BCUT2D eigenvalue weighted by atomic mass is 79.9. The van der Waals surface area contributed by atoms with Crippen molar-refractivity contribution in [1.82, 2.24) is 4.90 Å². The molecule has 0 atom stereocenters. The number of hydrogen-bond donors (Lipinski definition) is 1. The zero-order valence-corrected chi connectivity index (χ0v) is 17.8. The van der Waals surface area contributed by atoms with Gasteiger partial charge in [-0.05, 0) is 66.7 Å². The van der Waals surface area contributed by atoms with Crippen molar-refractivity contribution >= 4 is 44.9 Å². The van der Waals surface area contributed by atoms with Gasteiger partial charge < -0.3 is 14.6 Å². The van der Waals surface area contributed by atoms with E-state index >= 15 is 0 Å². The molecule has 3 rings (SSSR count). The fourth-order valence-electron chi connectivity index (χ4n) is 2.56. The second kappa shape index (κ2) is 9.32. The lowest BCUT2D eigenvalue weighted by Crippen LogP contribution is -2.32. The van der Waals surface area contributed by atoms with Crippen LogP contribution in [0.2, 0.25) is 0 Å². The van der Waals surface area contributed by atoms with Gasteiger partial charge in [0.25, 0.3) is 11.1 Å². The van der Waals surface area contributed by atoms with Crippen molar-refractivity contribution in [2.24, 2.45) is 0 Å². The quantitative estimate of drug-likeness (QED) is 0.572. The van der Waals surface area contributed by atoms with E-state index in [9.17, 15) is 19.1 Å². The molecule has 1 saturated heterocycles. The third kappa shape index (κ3) is 5.10. The average Bonchev–Trinajstić information content (AvgIpc) is 2.94. The van der Waals surface area contributed by atoms with Crippen LogP contribution >= 0.6 is 27.7 Å². The lowest BCUT2D eigenvalue weighted by molar-refractivity contribution is -0.123. The van der Waals surface area contributed by atoms with Gasteiger partial charge in [0.2, 0.25) is 0 Å². The summed E-state index contributed by atoms with van der Waals surface area (Å²) in [4.78, 5) is 26.2. The third-order valence-electron chi connectivity index (χ3n) is 3.94. The van der Waals surface area contributed by atoms with E-state index in [4.69, 9.17) is 9.47 Å². The highest BCUT2D eigenvalue weighted by molar-refractivity contribution is 9.10. The summed E-state index contributed by atoms with van der Waals surface area (Å²) in [5.41, 5.74) is 0.597. The number of ether oxygens (including phenoxy) is 2. The Bertz CT molecular complexity index is 964.